The number of hydrogen-bond donors (Lipinski definition) is 4. The lowest BCUT2D eigenvalue weighted by atomic mass is 9.91. The number of aliphatic hydroxyl groups excluding tert-OH is 1. The number of benzene rings is 2. The Morgan fingerprint density at radius 3 is 2.42 bits per heavy atom. The molecule has 406 valence electrons. The van der Waals surface area contributed by atoms with Crippen LogP contribution in [0.5, 0.6) is 11.5 Å². The van der Waals surface area contributed by atoms with E-state index >= 15 is 0 Å². The van der Waals surface area contributed by atoms with Crippen LogP contribution in [0.3, 0.4) is 0 Å². The molecule has 2 aliphatic heterocycles. The zero-order chi connectivity index (χ0) is 53.9. The van der Waals surface area contributed by atoms with Crippen molar-refractivity contribution in [2.75, 3.05) is 83.1 Å². The summed E-state index contributed by atoms with van der Waals surface area (Å²) in [6.45, 7) is 11.0. The van der Waals surface area contributed by atoms with E-state index in [4.69, 9.17) is 44.8 Å². The van der Waals surface area contributed by atoms with E-state index in [9.17, 15) is 24.3 Å². The molecule has 2 aliphatic rings. The van der Waals surface area contributed by atoms with Crippen molar-refractivity contribution in [2.45, 2.75) is 77.7 Å². The van der Waals surface area contributed by atoms with E-state index in [-0.39, 0.29) is 73.8 Å². The fourth-order valence-corrected chi connectivity index (χ4v) is 10.2. The number of hydrogen-bond acceptors (Lipinski definition) is 18. The number of aryl methyl sites for hydroxylation is 3. The van der Waals surface area contributed by atoms with Gasteiger partial charge in [-0.05, 0) is 68.5 Å². The van der Waals surface area contributed by atoms with Gasteiger partial charge >= 0.3 is 0 Å². The van der Waals surface area contributed by atoms with Crippen LogP contribution in [0.1, 0.15) is 61.7 Å². The Bertz CT molecular complexity index is 3030. The van der Waals surface area contributed by atoms with Crippen molar-refractivity contribution in [1.82, 2.24) is 40.2 Å². The number of β-amino-alcohol motifs (C(OH)–C–C–N with tert-alkyl or cyclic N) is 1. The molecule has 8 rings (SSSR count). The molecule has 4 N–H and O–H groups in total. The van der Waals surface area contributed by atoms with E-state index in [0.29, 0.717) is 96.7 Å². The molecular formula is C53H65ClN10O11S. The van der Waals surface area contributed by atoms with Crippen LogP contribution < -0.4 is 35.9 Å². The van der Waals surface area contributed by atoms with E-state index in [2.05, 4.69) is 36.0 Å². The summed E-state index contributed by atoms with van der Waals surface area (Å²) in [7, 11) is 3.14. The summed E-state index contributed by atoms with van der Waals surface area (Å²) >= 11 is 8.08. The molecule has 6 heterocycles. The molecular weight excluding hydrogens is 1020 g/mol. The summed E-state index contributed by atoms with van der Waals surface area (Å²) in [4.78, 5) is 70.4. The zero-order valence-electron chi connectivity index (χ0n) is 43.5. The first-order valence-corrected chi connectivity index (χ1v) is 26.6. The second-order valence-electron chi connectivity index (χ2n) is 19.0. The summed E-state index contributed by atoms with van der Waals surface area (Å²) in [5.41, 5.74) is 6.04. The van der Waals surface area contributed by atoms with Crippen LogP contribution in [-0.4, -0.2) is 144 Å². The molecule has 0 spiro atoms. The minimum atomic E-state index is -0.860. The largest absolute Gasteiger partial charge is 0.491 e. The van der Waals surface area contributed by atoms with E-state index in [1.807, 2.05) is 57.2 Å². The molecule has 3 amide bonds. The van der Waals surface area contributed by atoms with Crippen molar-refractivity contribution in [1.29, 1.82) is 0 Å². The maximum absolute atomic E-state index is 13.9. The van der Waals surface area contributed by atoms with Gasteiger partial charge in [0.25, 0.3) is 11.5 Å². The Morgan fingerprint density at radius 1 is 0.947 bits per heavy atom. The SMILES string of the molecule is CNC(=O)COc1cc2cc(Nc3nc(N4CCC(OCCOCCOCCOc5cc(-c6scnc6C)ccc5CNC(=O)[C@@H]5C[C@@H](O)CN5C(=O)[C@@H](c5cc(C)no5)C(C)C)CC4)ncc3Cl)ccc2n(C)c1=O. The number of pyridine rings is 1. The molecule has 2 aromatic carbocycles. The molecule has 0 radical (unpaired) electrons. The average Bonchev–Trinajstić information content (AvgIpc) is 4.17. The number of carbonyl (C=O) groups is 3. The highest BCUT2D eigenvalue weighted by Crippen LogP contribution is 2.34. The van der Waals surface area contributed by atoms with Gasteiger partial charge in [0.1, 0.15) is 35.1 Å². The highest BCUT2D eigenvalue weighted by atomic mass is 35.5. The predicted molar refractivity (Wildman–Crippen MR) is 286 cm³/mol. The van der Waals surface area contributed by atoms with Crippen LogP contribution in [-0.2, 0) is 42.2 Å². The Labute approximate surface area is 449 Å². The molecule has 0 unspecified atom stereocenters. The van der Waals surface area contributed by atoms with Crippen molar-refractivity contribution >= 4 is 69.0 Å². The molecule has 21 nitrogen and oxygen atoms in total. The molecule has 3 atom stereocenters. The van der Waals surface area contributed by atoms with Crippen LogP contribution in [0.15, 0.2) is 69.6 Å². The van der Waals surface area contributed by atoms with Crippen LogP contribution in [0.2, 0.25) is 5.02 Å². The minimum Gasteiger partial charge on any atom is -0.491 e. The molecule has 0 bridgehead atoms. The summed E-state index contributed by atoms with van der Waals surface area (Å²) in [6, 6.07) is 13.8. The first-order valence-electron chi connectivity index (χ1n) is 25.3. The first-order chi connectivity index (χ1) is 36.7. The van der Waals surface area contributed by atoms with Crippen molar-refractivity contribution in [3.8, 4) is 21.9 Å². The number of rotatable bonds is 24. The van der Waals surface area contributed by atoms with Gasteiger partial charge in [0, 0.05) is 69.4 Å². The average molecular weight is 1090 g/mol. The van der Waals surface area contributed by atoms with Gasteiger partial charge in [-0.25, -0.2) is 9.97 Å². The summed E-state index contributed by atoms with van der Waals surface area (Å²) in [5, 5.41) is 24.4. The maximum Gasteiger partial charge on any atom is 0.293 e. The van der Waals surface area contributed by atoms with Crippen LogP contribution >= 0.6 is 22.9 Å². The number of likely N-dealkylation sites (N-methyl/N-ethyl adjacent to an activating group) is 1. The van der Waals surface area contributed by atoms with Gasteiger partial charge in [-0.15, -0.1) is 11.3 Å². The topological polar surface area (TPSA) is 247 Å². The first kappa shape index (κ1) is 55.5. The number of carbonyl (C=O) groups excluding carboxylic acids is 3. The van der Waals surface area contributed by atoms with E-state index in [1.165, 1.54) is 27.9 Å². The molecule has 0 saturated carbocycles. The van der Waals surface area contributed by atoms with Crippen LogP contribution in [0.4, 0.5) is 17.5 Å². The summed E-state index contributed by atoms with van der Waals surface area (Å²) in [6.07, 6.45) is 2.46. The number of aromatic nitrogens is 5. The van der Waals surface area contributed by atoms with Gasteiger partial charge in [-0.3, -0.25) is 19.2 Å². The second-order valence-corrected chi connectivity index (χ2v) is 20.3. The third-order valence-electron chi connectivity index (χ3n) is 13.3. The fourth-order valence-electron chi connectivity index (χ4n) is 9.22. The molecule has 76 heavy (non-hydrogen) atoms. The smallest absolute Gasteiger partial charge is 0.293 e. The number of nitrogens with one attached hydrogen (secondary N) is 3. The Balaban J connectivity index is 0.751. The number of fused-ring (bicyclic) bond motifs is 1. The third kappa shape index (κ3) is 13.8. The normalized spacial score (nSPS) is 16.3. The highest BCUT2D eigenvalue weighted by Gasteiger charge is 2.43. The highest BCUT2D eigenvalue weighted by molar-refractivity contribution is 7.13. The van der Waals surface area contributed by atoms with Gasteiger partial charge in [0.2, 0.25) is 17.8 Å². The second kappa shape index (κ2) is 25.9. The molecule has 2 fully saturated rings. The van der Waals surface area contributed by atoms with E-state index in [0.717, 1.165) is 34.5 Å². The molecule has 6 aromatic rings. The minimum absolute atomic E-state index is 0.0431. The number of anilines is 3. The standard InChI is InChI=1S/C53H65ClN10O11S/c1-31(2)47(44-21-32(3)61-75-44)52(69)64-28-38(65)25-42(64)50(67)56-26-35-8-7-34(48-33(4)58-30-76-48)23-43(35)73-20-18-71-16-15-70-17-19-72-39-11-13-63(14-12-39)53-57-27-40(54)49(60-53)59-37-9-10-41-36(22-37)24-45(51(68)62(41)6)74-29-46(66)55-5/h7-10,21-24,27,30-31,38-39,42,47,65H,11-20,25-26,28-29H2,1-6H3,(H,55,66)(H,56,67)(H,57,59,60)/t38-,42+,47-/m1/s1. The van der Waals surface area contributed by atoms with Crippen LogP contribution in [0.25, 0.3) is 21.3 Å². The van der Waals surface area contributed by atoms with Gasteiger partial charge in [-0.1, -0.05) is 42.7 Å². The molecule has 23 heteroatoms. The number of halogens is 1. The monoisotopic (exact) mass is 1080 g/mol. The number of amides is 3. The van der Waals surface area contributed by atoms with E-state index in [1.54, 1.807) is 37.8 Å². The lowest BCUT2D eigenvalue weighted by molar-refractivity contribution is -0.141. The molecule has 4 aromatic heterocycles. The number of nitrogens with zero attached hydrogens (tertiary/aromatic N) is 7. The maximum atomic E-state index is 13.9. The number of piperidine rings is 1. The van der Waals surface area contributed by atoms with Crippen molar-refractivity contribution in [2.24, 2.45) is 13.0 Å². The van der Waals surface area contributed by atoms with Gasteiger partial charge in [0.15, 0.2) is 18.2 Å². The quantitative estimate of drug-likeness (QED) is 0.0532. The number of thiazole rings is 1. The Morgan fingerprint density at radius 2 is 1.71 bits per heavy atom. The molecule has 2 saturated heterocycles. The van der Waals surface area contributed by atoms with Crippen molar-refractivity contribution in [3.05, 3.63) is 98.3 Å². The Hall–Kier alpha value is -6.69. The lowest BCUT2D eigenvalue weighted by Crippen LogP contribution is -2.48. The fraction of sp³-hybridized carbons (Fsp3) is 0.472. The van der Waals surface area contributed by atoms with Gasteiger partial charge in [-0.2, -0.15) is 4.98 Å². The van der Waals surface area contributed by atoms with Gasteiger partial charge in [0.05, 0.1) is 78.7 Å². The third-order valence-corrected chi connectivity index (χ3v) is 14.5. The predicted octanol–water partition coefficient (Wildman–Crippen LogP) is 5.69. The number of likely N-dealkylation sites (tertiary alicyclic amines) is 1. The van der Waals surface area contributed by atoms with E-state index < -0.39 is 18.1 Å². The lowest BCUT2D eigenvalue weighted by Gasteiger charge is -2.32. The Kier molecular flexibility index (Phi) is 18.9. The van der Waals surface area contributed by atoms with Crippen molar-refractivity contribution < 1.29 is 47.7 Å². The zero-order valence-corrected chi connectivity index (χ0v) is 45.1. The summed E-state index contributed by atoms with van der Waals surface area (Å²) in [5.74, 6) is 0.253. The van der Waals surface area contributed by atoms with Gasteiger partial charge < -0.3 is 63.6 Å². The van der Waals surface area contributed by atoms with Crippen molar-refractivity contribution in [3.63, 3.8) is 0 Å². The molecule has 0 aliphatic carbocycles. The number of aliphatic hydroxyl groups is 1. The van der Waals surface area contributed by atoms with Crippen LogP contribution in [0, 0.1) is 19.8 Å². The summed E-state index contributed by atoms with van der Waals surface area (Å²) < 4.78 is 36.5. The number of ether oxygens (including phenoxy) is 5.